The molecule has 2 aromatic rings. The second-order valence-corrected chi connectivity index (χ2v) is 9.75. The van der Waals surface area contributed by atoms with Crippen LogP contribution in [0, 0.1) is 6.92 Å². The number of anilines is 1. The second kappa shape index (κ2) is 7.89. The molecule has 1 saturated heterocycles. The van der Waals surface area contributed by atoms with Crippen LogP contribution < -0.4 is 5.32 Å². The molecule has 6 nitrogen and oxygen atoms in total. The number of hydrogen-bond acceptors (Lipinski definition) is 4. The Morgan fingerprint density at radius 1 is 1.14 bits per heavy atom. The molecule has 0 bridgehead atoms. The number of benzene rings is 2. The molecule has 154 valence electrons. The van der Waals surface area contributed by atoms with E-state index in [1.54, 1.807) is 36.4 Å². The Morgan fingerprint density at radius 3 is 2.55 bits per heavy atom. The third-order valence-electron chi connectivity index (χ3n) is 5.90. The van der Waals surface area contributed by atoms with Crippen molar-refractivity contribution in [2.45, 2.75) is 44.2 Å². The number of fused-ring (bicyclic) bond motifs is 1. The summed E-state index contributed by atoms with van der Waals surface area (Å²) in [4.78, 5) is 14.3. The maximum Gasteiger partial charge on any atom is 0.243 e. The van der Waals surface area contributed by atoms with Gasteiger partial charge in [0, 0.05) is 44.3 Å². The van der Waals surface area contributed by atoms with Crippen LogP contribution in [0.25, 0.3) is 0 Å². The van der Waals surface area contributed by atoms with E-state index in [1.807, 2.05) is 0 Å². The minimum atomic E-state index is -3.52. The first-order valence-corrected chi connectivity index (χ1v) is 11.5. The molecule has 7 heteroatoms. The zero-order valence-corrected chi connectivity index (χ0v) is 17.7. The van der Waals surface area contributed by atoms with Gasteiger partial charge in [-0.15, -0.1) is 0 Å². The minimum absolute atomic E-state index is 0.0892. The lowest BCUT2D eigenvalue weighted by Gasteiger charge is -2.46. The highest BCUT2D eigenvalue weighted by atomic mass is 32.2. The zero-order valence-electron chi connectivity index (χ0n) is 16.9. The highest BCUT2D eigenvalue weighted by Crippen LogP contribution is 2.30. The third-order valence-corrected chi connectivity index (χ3v) is 7.89. The number of nitrogens with zero attached hydrogens (tertiary/aromatic N) is 2. The fraction of sp³-hybridized carbons (Fsp3) is 0.409. The number of carbonyl (C=O) groups is 1. The Kier molecular flexibility index (Phi) is 5.46. The highest BCUT2D eigenvalue weighted by molar-refractivity contribution is 7.89. The standard InChI is InChI=1S/C22H27N3O3S/c1-3-22(26)23-19-8-9-21(16(2)12-19)29(27,28)25-14-20(15-25)24-11-10-17-6-4-5-7-18(17)13-24/h4-9,12,20H,3,10-11,13-15H2,1-2H3,(H,23,26). The number of nitrogens with one attached hydrogen (secondary N) is 1. The summed E-state index contributed by atoms with van der Waals surface area (Å²) in [7, 11) is -3.52. The predicted octanol–water partition coefficient (Wildman–Crippen LogP) is 2.77. The van der Waals surface area contributed by atoms with Gasteiger partial charge in [-0.25, -0.2) is 8.42 Å². The Balaban J connectivity index is 1.42. The summed E-state index contributed by atoms with van der Waals surface area (Å²) in [6.07, 6.45) is 1.40. The van der Waals surface area contributed by atoms with Crippen molar-refractivity contribution in [3.05, 3.63) is 59.2 Å². The van der Waals surface area contributed by atoms with Crippen molar-refractivity contribution in [1.29, 1.82) is 0 Å². The van der Waals surface area contributed by atoms with Crippen LogP contribution in [0.5, 0.6) is 0 Å². The monoisotopic (exact) mass is 413 g/mol. The van der Waals surface area contributed by atoms with Crippen molar-refractivity contribution in [3.8, 4) is 0 Å². The summed E-state index contributed by atoms with van der Waals surface area (Å²) in [5, 5.41) is 2.77. The van der Waals surface area contributed by atoms with Crippen molar-refractivity contribution < 1.29 is 13.2 Å². The van der Waals surface area contributed by atoms with Gasteiger partial charge in [0.15, 0.2) is 0 Å². The maximum atomic E-state index is 13.1. The SMILES string of the molecule is CCC(=O)Nc1ccc(S(=O)(=O)N2CC(N3CCc4ccccc4C3)C2)c(C)c1. The van der Waals surface area contributed by atoms with Gasteiger partial charge in [-0.2, -0.15) is 4.31 Å². The average molecular weight is 414 g/mol. The molecule has 2 aliphatic heterocycles. The van der Waals surface area contributed by atoms with Gasteiger partial charge >= 0.3 is 0 Å². The molecule has 2 aromatic carbocycles. The first-order chi connectivity index (χ1) is 13.9. The highest BCUT2D eigenvalue weighted by Gasteiger charge is 2.40. The Morgan fingerprint density at radius 2 is 1.86 bits per heavy atom. The first kappa shape index (κ1) is 20.1. The number of hydrogen-bond donors (Lipinski definition) is 1. The summed E-state index contributed by atoms with van der Waals surface area (Å²) < 4.78 is 27.7. The van der Waals surface area contributed by atoms with E-state index < -0.39 is 10.0 Å². The summed E-state index contributed by atoms with van der Waals surface area (Å²) in [6, 6.07) is 13.7. The van der Waals surface area contributed by atoms with Crippen molar-refractivity contribution in [1.82, 2.24) is 9.21 Å². The van der Waals surface area contributed by atoms with E-state index in [9.17, 15) is 13.2 Å². The van der Waals surface area contributed by atoms with E-state index in [4.69, 9.17) is 0 Å². The lowest BCUT2D eigenvalue weighted by molar-refractivity contribution is -0.115. The molecule has 0 radical (unpaired) electrons. The van der Waals surface area contributed by atoms with Gasteiger partial charge in [-0.05, 0) is 48.2 Å². The molecule has 4 rings (SSSR count). The summed E-state index contributed by atoms with van der Waals surface area (Å²) >= 11 is 0. The van der Waals surface area contributed by atoms with Crippen LogP contribution in [0.2, 0.25) is 0 Å². The van der Waals surface area contributed by atoms with Gasteiger partial charge in [0.05, 0.1) is 4.90 Å². The number of amides is 1. The molecule has 0 spiro atoms. The van der Waals surface area contributed by atoms with Crippen LogP contribution in [0.4, 0.5) is 5.69 Å². The summed E-state index contributed by atoms with van der Waals surface area (Å²) in [5.41, 5.74) is 4.02. The van der Waals surface area contributed by atoms with E-state index in [0.717, 1.165) is 19.5 Å². The largest absolute Gasteiger partial charge is 0.326 e. The van der Waals surface area contributed by atoms with Crippen LogP contribution in [-0.2, 0) is 27.8 Å². The third kappa shape index (κ3) is 3.95. The van der Waals surface area contributed by atoms with Gasteiger partial charge in [0.2, 0.25) is 15.9 Å². The molecule has 0 aromatic heterocycles. The summed E-state index contributed by atoms with van der Waals surface area (Å²) in [6.45, 7) is 6.46. The molecule has 1 amide bonds. The smallest absolute Gasteiger partial charge is 0.243 e. The van der Waals surface area contributed by atoms with Gasteiger partial charge < -0.3 is 5.32 Å². The fourth-order valence-corrected chi connectivity index (χ4v) is 5.80. The van der Waals surface area contributed by atoms with E-state index >= 15 is 0 Å². The van der Waals surface area contributed by atoms with Crippen LogP contribution in [-0.4, -0.2) is 49.2 Å². The molecule has 1 fully saturated rings. The molecular formula is C22H27N3O3S. The number of rotatable bonds is 5. The van der Waals surface area contributed by atoms with Crippen LogP contribution in [0.15, 0.2) is 47.4 Å². The van der Waals surface area contributed by atoms with Crippen molar-refractivity contribution >= 4 is 21.6 Å². The van der Waals surface area contributed by atoms with Crippen molar-refractivity contribution in [2.75, 3.05) is 25.0 Å². The fourth-order valence-electron chi connectivity index (χ4n) is 4.08. The Bertz CT molecular complexity index is 1030. The van der Waals surface area contributed by atoms with Crippen LogP contribution in [0.1, 0.15) is 30.0 Å². The lowest BCUT2D eigenvalue weighted by atomic mass is 9.97. The Hall–Kier alpha value is -2.22. The normalized spacial score (nSPS) is 18.1. The average Bonchev–Trinajstić information content (AvgIpc) is 2.66. The summed E-state index contributed by atoms with van der Waals surface area (Å²) in [5.74, 6) is -0.0892. The first-order valence-electron chi connectivity index (χ1n) is 10.1. The predicted molar refractivity (Wildman–Crippen MR) is 113 cm³/mol. The molecule has 29 heavy (non-hydrogen) atoms. The van der Waals surface area contributed by atoms with Crippen LogP contribution >= 0.6 is 0 Å². The lowest BCUT2D eigenvalue weighted by Crippen LogP contribution is -2.61. The molecule has 0 atom stereocenters. The van der Waals surface area contributed by atoms with E-state index in [1.165, 1.54) is 11.1 Å². The number of sulfonamides is 1. The quantitative estimate of drug-likeness (QED) is 0.818. The number of aryl methyl sites for hydroxylation is 1. The van der Waals surface area contributed by atoms with E-state index in [0.29, 0.717) is 35.7 Å². The molecule has 0 unspecified atom stereocenters. The van der Waals surface area contributed by atoms with E-state index in [-0.39, 0.29) is 11.9 Å². The van der Waals surface area contributed by atoms with Crippen LogP contribution in [0.3, 0.4) is 0 Å². The van der Waals surface area contributed by atoms with E-state index in [2.05, 4.69) is 34.5 Å². The van der Waals surface area contributed by atoms with Gasteiger partial charge in [0.1, 0.15) is 0 Å². The van der Waals surface area contributed by atoms with Crippen molar-refractivity contribution in [3.63, 3.8) is 0 Å². The maximum absolute atomic E-state index is 13.1. The molecular weight excluding hydrogens is 386 g/mol. The second-order valence-electron chi connectivity index (χ2n) is 7.85. The zero-order chi connectivity index (χ0) is 20.6. The van der Waals surface area contributed by atoms with Crippen molar-refractivity contribution in [2.24, 2.45) is 0 Å². The van der Waals surface area contributed by atoms with Gasteiger partial charge in [-0.1, -0.05) is 31.2 Å². The minimum Gasteiger partial charge on any atom is -0.326 e. The molecule has 2 aliphatic rings. The number of carbonyl (C=O) groups excluding carboxylic acids is 1. The Labute approximate surface area is 172 Å². The molecule has 0 saturated carbocycles. The molecule has 1 N–H and O–H groups in total. The molecule has 2 heterocycles. The molecule has 0 aliphatic carbocycles. The topological polar surface area (TPSA) is 69.7 Å². The van der Waals surface area contributed by atoms with Gasteiger partial charge in [-0.3, -0.25) is 9.69 Å². The van der Waals surface area contributed by atoms with Gasteiger partial charge in [0.25, 0.3) is 0 Å².